The van der Waals surface area contributed by atoms with Crippen LogP contribution in [0.5, 0.6) is 0 Å². The van der Waals surface area contributed by atoms with Gasteiger partial charge < -0.3 is 5.11 Å². The monoisotopic (exact) mass is 464 g/mol. The number of aromatic amines is 1. The summed E-state index contributed by atoms with van der Waals surface area (Å²) in [5, 5.41) is 18.4. The molecular weight excluding hydrogens is 439 g/mol. The van der Waals surface area contributed by atoms with Crippen LogP contribution in [0, 0.1) is 24.2 Å². The number of aryl methyl sites for hydroxylation is 2. The first-order chi connectivity index (χ1) is 16.1. The van der Waals surface area contributed by atoms with E-state index in [-0.39, 0.29) is 35.5 Å². The average Bonchev–Trinajstić information content (AvgIpc) is 2.77. The molecule has 0 aliphatic carbocycles. The number of aliphatic hydroxyl groups excluding tert-OH is 1. The van der Waals surface area contributed by atoms with Crippen molar-refractivity contribution < 1.29 is 14.3 Å². The molecule has 2 heterocycles. The molecule has 8 nitrogen and oxygen atoms in total. The number of carbonyl (C=O) groups excluding carboxylic acids is 1. The van der Waals surface area contributed by atoms with Crippen molar-refractivity contribution in [2.75, 3.05) is 6.61 Å². The van der Waals surface area contributed by atoms with Crippen molar-refractivity contribution >= 4 is 5.78 Å². The van der Waals surface area contributed by atoms with Crippen LogP contribution < -0.4 is 11.2 Å². The Morgan fingerprint density at radius 1 is 1.24 bits per heavy atom. The molecule has 34 heavy (non-hydrogen) atoms. The summed E-state index contributed by atoms with van der Waals surface area (Å²) in [6.07, 6.45) is 0.732. The molecular formula is C25H25FN4O4. The van der Waals surface area contributed by atoms with Gasteiger partial charge in [-0.15, -0.1) is 0 Å². The van der Waals surface area contributed by atoms with Gasteiger partial charge in [0.25, 0.3) is 5.56 Å². The summed E-state index contributed by atoms with van der Waals surface area (Å²) in [6, 6.07) is 9.38. The van der Waals surface area contributed by atoms with E-state index in [1.165, 1.54) is 6.07 Å². The minimum Gasteiger partial charge on any atom is -0.396 e. The summed E-state index contributed by atoms with van der Waals surface area (Å²) in [7, 11) is 0. The summed E-state index contributed by atoms with van der Waals surface area (Å²) in [6.45, 7) is 4.93. The number of aromatic nitrogens is 3. The average molecular weight is 464 g/mol. The number of hydrogen-bond acceptors (Lipinski definition) is 6. The first-order valence-electron chi connectivity index (χ1n) is 10.8. The van der Waals surface area contributed by atoms with Crippen LogP contribution in [0.25, 0.3) is 0 Å². The van der Waals surface area contributed by atoms with Crippen molar-refractivity contribution in [3.8, 4) is 6.07 Å². The van der Waals surface area contributed by atoms with Gasteiger partial charge in [0.15, 0.2) is 0 Å². The fourth-order valence-electron chi connectivity index (χ4n) is 3.91. The number of benzene rings is 1. The minimum absolute atomic E-state index is 0.0789. The minimum atomic E-state index is -0.806. The van der Waals surface area contributed by atoms with Gasteiger partial charge in [-0.1, -0.05) is 13.8 Å². The Hall–Kier alpha value is -3.90. The van der Waals surface area contributed by atoms with Crippen LogP contribution in [0.15, 0.2) is 39.9 Å². The number of aliphatic hydroxyl groups is 1. The fraction of sp³-hybridized carbons (Fsp3) is 0.320. The molecule has 3 aromatic rings. The Morgan fingerprint density at radius 3 is 2.62 bits per heavy atom. The molecule has 0 radical (unpaired) electrons. The lowest BCUT2D eigenvalue weighted by Crippen LogP contribution is -2.38. The van der Waals surface area contributed by atoms with E-state index in [0.717, 1.165) is 10.6 Å². The van der Waals surface area contributed by atoms with Crippen LogP contribution in [-0.4, -0.2) is 32.0 Å². The second kappa shape index (κ2) is 10.4. The van der Waals surface area contributed by atoms with Crippen LogP contribution >= 0.6 is 0 Å². The van der Waals surface area contributed by atoms with Gasteiger partial charge in [0.2, 0.25) is 11.7 Å². The van der Waals surface area contributed by atoms with Crippen molar-refractivity contribution in [2.24, 2.45) is 0 Å². The molecule has 0 aliphatic heterocycles. The molecule has 176 valence electrons. The molecule has 0 atom stereocenters. The van der Waals surface area contributed by atoms with Gasteiger partial charge in [0, 0.05) is 23.4 Å². The maximum atomic E-state index is 14.2. The van der Waals surface area contributed by atoms with Gasteiger partial charge in [-0.25, -0.2) is 9.78 Å². The van der Waals surface area contributed by atoms with Gasteiger partial charge in [-0.05, 0) is 67.1 Å². The Balaban J connectivity index is 2.23. The van der Waals surface area contributed by atoms with Crippen LogP contribution in [-0.2, 0) is 13.0 Å². The molecule has 9 heteroatoms. The quantitative estimate of drug-likeness (QED) is 0.389. The number of carbonyl (C=O) groups is 1. The lowest BCUT2D eigenvalue weighted by molar-refractivity contribution is 0.102. The SMILES string of the molecule is Cc1cc(C#N)cc(C(=O)c2c(C(C)C)c(=O)[nH]c(=O)n2Cc2cc(F)nc(CCCO)c2)c1. The highest BCUT2D eigenvalue weighted by Crippen LogP contribution is 2.21. The normalized spacial score (nSPS) is 11.0. The molecule has 2 N–H and O–H groups in total. The van der Waals surface area contributed by atoms with Gasteiger partial charge in [-0.2, -0.15) is 9.65 Å². The Kier molecular flexibility index (Phi) is 7.54. The van der Waals surface area contributed by atoms with E-state index in [4.69, 9.17) is 5.11 Å². The number of nitrogens with zero attached hydrogens (tertiary/aromatic N) is 3. The highest BCUT2D eigenvalue weighted by molar-refractivity contribution is 6.09. The number of hydrogen-bond donors (Lipinski definition) is 2. The van der Waals surface area contributed by atoms with E-state index in [1.807, 2.05) is 6.07 Å². The van der Waals surface area contributed by atoms with Crippen molar-refractivity contribution in [1.29, 1.82) is 5.26 Å². The number of halogens is 1. The lowest BCUT2D eigenvalue weighted by Gasteiger charge is -2.18. The van der Waals surface area contributed by atoms with Crippen molar-refractivity contribution in [3.63, 3.8) is 0 Å². The van der Waals surface area contributed by atoms with E-state index in [2.05, 4.69) is 9.97 Å². The zero-order valence-corrected chi connectivity index (χ0v) is 19.2. The summed E-state index contributed by atoms with van der Waals surface area (Å²) in [5.74, 6) is -1.73. The summed E-state index contributed by atoms with van der Waals surface area (Å²) in [4.78, 5) is 45.3. The number of nitrogens with one attached hydrogen (secondary N) is 1. The molecule has 0 saturated heterocycles. The number of pyridine rings is 1. The molecule has 0 bridgehead atoms. The molecule has 0 unspecified atom stereocenters. The van der Waals surface area contributed by atoms with Crippen LogP contribution in [0.4, 0.5) is 4.39 Å². The molecule has 0 fully saturated rings. The van der Waals surface area contributed by atoms with Gasteiger partial charge in [0.1, 0.15) is 5.69 Å². The standard InChI is InChI=1S/C25H25FN4O4/c1-14(2)21-22(23(32)18-8-15(3)7-16(9-18)12-27)30(25(34)29-24(21)33)13-17-10-19(5-4-6-31)28-20(26)11-17/h7-11,14,31H,4-6,13H2,1-3H3,(H,29,33,34). The van der Waals surface area contributed by atoms with Crippen molar-refractivity contribution in [3.05, 3.63) is 96.3 Å². The third kappa shape index (κ3) is 5.35. The molecule has 2 aromatic heterocycles. The lowest BCUT2D eigenvalue weighted by atomic mass is 9.95. The topological polar surface area (TPSA) is 129 Å². The number of nitriles is 1. The molecule has 0 amide bonds. The van der Waals surface area contributed by atoms with Crippen LogP contribution in [0.1, 0.15) is 70.2 Å². The molecule has 0 saturated carbocycles. The predicted octanol–water partition coefficient (Wildman–Crippen LogP) is 2.58. The molecule has 1 aromatic carbocycles. The Labute approximate surface area is 195 Å². The second-order valence-electron chi connectivity index (χ2n) is 8.41. The van der Waals surface area contributed by atoms with E-state index in [1.54, 1.807) is 39.0 Å². The summed E-state index contributed by atoms with van der Waals surface area (Å²) >= 11 is 0. The third-order valence-electron chi connectivity index (χ3n) is 5.33. The zero-order chi connectivity index (χ0) is 25.0. The van der Waals surface area contributed by atoms with Gasteiger partial charge >= 0.3 is 5.69 Å². The van der Waals surface area contributed by atoms with E-state index < -0.39 is 28.9 Å². The molecule has 0 spiro atoms. The zero-order valence-electron chi connectivity index (χ0n) is 19.2. The third-order valence-corrected chi connectivity index (χ3v) is 5.33. The number of H-pyrrole nitrogens is 1. The van der Waals surface area contributed by atoms with Crippen LogP contribution in [0.3, 0.4) is 0 Å². The second-order valence-corrected chi connectivity index (χ2v) is 8.41. The Bertz CT molecular complexity index is 1400. The van der Waals surface area contributed by atoms with Crippen LogP contribution in [0.2, 0.25) is 0 Å². The largest absolute Gasteiger partial charge is 0.396 e. The van der Waals surface area contributed by atoms with Crippen molar-refractivity contribution in [2.45, 2.75) is 46.1 Å². The highest BCUT2D eigenvalue weighted by atomic mass is 19.1. The van der Waals surface area contributed by atoms with Crippen molar-refractivity contribution in [1.82, 2.24) is 14.5 Å². The fourth-order valence-corrected chi connectivity index (χ4v) is 3.91. The van der Waals surface area contributed by atoms with E-state index in [9.17, 15) is 24.0 Å². The highest BCUT2D eigenvalue weighted by Gasteiger charge is 2.25. The Morgan fingerprint density at radius 2 is 1.97 bits per heavy atom. The maximum absolute atomic E-state index is 14.2. The molecule has 3 rings (SSSR count). The number of ketones is 1. The van der Waals surface area contributed by atoms with E-state index in [0.29, 0.717) is 29.7 Å². The first-order valence-corrected chi connectivity index (χ1v) is 10.8. The summed E-state index contributed by atoms with van der Waals surface area (Å²) < 4.78 is 15.3. The van der Waals surface area contributed by atoms with Gasteiger partial charge in [0.05, 0.1) is 18.2 Å². The smallest absolute Gasteiger partial charge is 0.329 e. The molecule has 0 aliphatic rings. The number of rotatable bonds is 8. The summed E-state index contributed by atoms with van der Waals surface area (Å²) in [5.41, 5.74) is 0.442. The maximum Gasteiger partial charge on any atom is 0.329 e. The first kappa shape index (κ1) is 24.7. The van der Waals surface area contributed by atoms with E-state index >= 15 is 0 Å². The predicted molar refractivity (Wildman–Crippen MR) is 123 cm³/mol. The van der Waals surface area contributed by atoms with Gasteiger partial charge in [-0.3, -0.25) is 19.1 Å².